The highest BCUT2D eigenvalue weighted by Gasteiger charge is 2.31. The van der Waals surface area contributed by atoms with Crippen molar-refractivity contribution in [2.24, 2.45) is 0 Å². The quantitative estimate of drug-likeness (QED) is 0.323. The van der Waals surface area contributed by atoms with Crippen LogP contribution in [0.3, 0.4) is 0 Å². The summed E-state index contributed by atoms with van der Waals surface area (Å²) in [5, 5.41) is 18.7. The Balaban J connectivity index is 1.86. The molecule has 3 aromatic rings. The number of benzene rings is 2. The summed E-state index contributed by atoms with van der Waals surface area (Å²) in [7, 11) is -3.99. The van der Waals surface area contributed by atoms with Crippen LogP contribution in [0.25, 0.3) is 28.5 Å². The van der Waals surface area contributed by atoms with Crippen molar-refractivity contribution in [3.8, 4) is 22.4 Å². The molecule has 8 heteroatoms. The number of aliphatic carboxylic acids is 1. The molecule has 2 atom stereocenters. The molecule has 1 aliphatic carbocycles. The fourth-order valence-electron chi connectivity index (χ4n) is 4.24. The van der Waals surface area contributed by atoms with E-state index >= 15 is 0 Å². The number of carboxylic acid groups (broad SMARTS) is 1. The van der Waals surface area contributed by atoms with Gasteiger partial charge in [0.25, 0.3) is 0 Å². The van der Waals surface area contributed by atoms with Crippen molar-refractivity contribution in [1.82, 2.24) is 4.98 Å². The zero-order chi connectivity index (χ0) is 25.2. The summed E-state index contributed by atoms with van der Waals surface area (Å²) in [4.78, 5) is 26.3. The highest BCUT2D eigenvalue weighted by Crippen LogP contribution is 2.48. The molecule has 182 valence electrons. The summed E-state index contributed by atoms with van der Waals surface area (Å²) in [5.41, 5.74) is 5.62. The number of pyridine rings is 1. The maximum atomic E-state index is 13.7. The van der Waals surface area contributed by atoms with Gasteiger partial charge in [-0.3, -0.25) is 14.3 Å². The predicted octanol–water partition coefficient (Wildman–Crippen LogP) is 5.82. The van der Waals surface area contributed by atoms with Crippen LogP contribution in [0, 0.1) is 12.7 Å². The summed E-state index contributed by atoms with van der Waals surface area (Å²) >= 11 is 0. The van der Waals surface area contributed by atoms with Crippen LogP contribution in [-0.4, -0.2) is 38.3 Å². The molecule has 0 bridgehead atoms. The lowest BCUT2D eigenvalue weighted by Gasteiger charge is -2.19. The molecule has 1 unspecified atom stereocenters. The highest BCUT2D eigenvalue weighted by atomic mass is 31.2. The van der Waals surface area contributed by atoms with Crippen LogP contribution < -0.4 is 0 Å². The Kier molecular flexibility index (Phi) is 7.31. The van der Waals surface area contributed by atoms with Crippen LogP contribution in [0.5, 0.6) is 0 Å². The third kappa shape index (κ3) is 6.12. The number of carbonyl (C=O) groups is 1. The van der Waals surface area contributed by atoms with E-state index in [1.807, 2.05) is 37.3 Å². The summed E-state index contributed by atoms with van der Waals surface area (Å²) in [6, 6.07) is 15.8. The van der Waals surface area contributed by atoms with E-state index in [1.54, 1.807) is 18.2 Å². The largest absolute Gasteiger partial charge is 0.481 e. The van der Waals surface area contributed by atoms with Gasteiger partial charge in [-0.25, -0.2) is 4.39 Å². The Morgan fingerprint density at radius 3 is 2.40 bits per heavy atom. The Hall–Kier alpha value is -3.12. The number of aliphatic hydroxyl groups excluding tert-OH is 1. The average Bonchev–Trinajstić information content (AvgIpc) is 3.63. The molecule has 4 rings (SSSR count). The number of halogens is 1. The highest BCUT2D eigenvalue weighted by molar-refractivity contribution is 7.61. The Labute approximate surface area is 203 Å². The van der Waals surface area contributed by atoms with Gasteiger partial charge in [-0.05, 0) is 54.7 Å². The van der Waals surface area contributed by atoms with Crippen molar-refractivity contribution in [3.05, 3.63) is 83.1 Å². The van der Waals surface area contributed by atoms with Crippen molar-refractivity contribution < 1.29 is 28.9 Å². The zero-order valence-corrected chi connectivity index (χ0v) is 20.2. The van der Waals surface area contributed by atoms with E-state index in [-0.39, 0.29) is 11.7 Å². The average molecular weight is 495 g/mol. The van der Waals surface area contributed by atoms with Crippen LogP contribution in [0.2, 0.25) is 0 Å². The van der Waals surface area contributed by atoms with E-state index in [2.05, 4.69) is 0 Å². The Morgan fingerprint density at radius 1 is 1.14 bits per heavy atom. The first-order valence-electron chi connectivity index (χ1n) is 11.4. The molecule has 2 aromatic carbocycles. The molecule has 6 nitrogen and oxygen atoms in total. The van der Waals surface area contributed by atoms with Crippen molar-refractivity contribution in [2.45, 2.75) is 38.2 Å². The number of carboxylic acids is 1. The van der Waals surface area contributed by atoms with Crippen molar-refractivity contribution in [3.63, 3.8) is 0 Å². The molecule has 35 heavy (non-hydrogen) atoms. The molecule has 0 amide bonds. The molecule has 3 N–H and O–H groups in total. The number of hydrogen-bond acceptors (Lipinski definition) is 4. The van der Waals surface area contributed by atoms with Crippen LogP contribution in [0.4, 0.5) is 4.39 Å². The standard InChI is InChI=1S/C27H27FNO5P/c1-17-25(18-9-11-21(28)12-10-18)23(13-14-35(33,34)16-22(30)15-24(31)32)27(20-7-8-20)29-26(17)19-5-3-2-4-6-19/h2-6,9-14,20,22,30H,7-8,15-16H2,1H3,(H,31,32)(H,33,34)/b14-13+/t22-/m0/s1. The van der Waals surface area contributed by atoms with Crippen LogP contribution in [-0.2, 0) is 9.36 Å². The lowest BCUT2D eigenvalue weighted by molar-refractivity contribution is -0.138. The molecule has 0 spiro atoms. The molecule has 0 radical (unpaired) electrons. The van der Waals surface area contributed by atoms with Crippen molar-refractivity contribution in [2.75, 3.05) is 6.16 Å². The third-order valence-corrected chi connectivity index (χ3v) is 7.57. The lowest BCUT2D eigenvalue weighted by Crippen LogP contribution is -2.17. The molecule has 1 saturated carbocycles. The van der Waals surface area contributed by atoms with Gasteiger partial charge in [0.05, 0.1) is 30.1 Å². The molecular weight excluding hydrogens is 468 g/mol. The van der Waals surface area contributed by atoms with Gasteiger partial charge in [-0.2, -0.15) is 0 Å². The smallest absolute Gasteiger partial charge is 0.305 e. The van der Waals surface area contributed by atoms with E-state index in [4.69, 9.17) is 10.1 Å². The second-order valence-electron chi connectivity index (χ2n) is 8.91. The van der Waals surface area contributed by atoms with Gasteiger partial charge in [0.1, 0.15) is 5.82 Å². The van der Waals surface area contributed by atoms with Crippen molar-refractivity contribution >= 4 is 19.4 Å². The number of aromatic nitrogens is 1. The second-order valence-corrected chi connectivity index (χ2v) is 11.1. The van der Waals surface area contributed by atoms with E-state index in [9.17, 15) is 23.7 Å². The van der Waals surface area contributed by atoms with E-state index in [1.165, 1.54) is 12.1 Å². The monoisotopic (exact) mass is 495 g/mol. The number of nitrogens with zero attached hydrogens (tertiary/aromatic N) is 1. The second kappa shape index (κ2) is 10.2. The van der Waals surface area contributed by atoms with Crippen molar-refractivity contribution in [1.29, 1.82) is 0 Å². The molecule has 1 aliphatic rings. The summed E-state index contributed by atoms with van der Waals surface area (Å²) < 4.78 is 26.5. The molecule has 0 saturated heterocycles. The molecule has 1 fully saturated rings. The first kappa shape index (κ1) is 25.0. The van der Waals surface area contributed by atoms with Crippen LogP contribution in [0.1, 0.15) is 42.0 Å². The zero-order valence-electron chi connectivity index (χ0n) is 19.3. The van der Waals surface area contributed by atoms with Gasteiger partial charge >= 0.3 is 5.97 Å². The third-order valence-electron chi connectivity index (χ3n) is 6.01. The Morgan fingerprint density at radius 2 is 1.80 bits per heavy atom. The minimum Gasteiger partial charge on any atom is -0.481 e. The van der Waals surface area contributed by atoms with E-state index in [0.29, 0.717) is 5.56 Å². The van der Waals surface area contributed by atoms with Gasteiger partial charge < -0.3 is 15.1 Å². The predicted molar refractivity (Wildman–Crippen MR) is 134 cm³/mol. The minimum atomic E-state index is -3.99. The van der Waals surface area contributed by atoms with E-state index < -0.39 is 32.0 Å². The fraction of sp³-hybridized carbons (Fsp3) is 0.259. The number of hydrogen-bond donors (Lipinski definition) is 3. The minimum absolute atomic E-state index is 0.201. The summed E-state index contributed by atoms with van der Waals surface area (Å²) in [6.07, 6.45) is 0.834. The number of aliphatic hydroxyl groups is 1. The van der Waals surface area contributed by atoms with Gasteiger partial charge in [0.2, 0.25) is 7.37 Å². The van der Waals surface area contributed by atoms with Gasteiger partial charge in [-0.1, -0.05) is 42.5 Å². The van der Waals surface area contributed by atoms with Gasteiger partial charge in [-0.15, -0.1) is 0 Å². The maximum absolute atomic E-state index is 13.7. The van der Waals surface area contributed by atoms with Gasteiger partial charge in [0, 0.05) is 22.9 Å². The molecule has 1 heterocycles. The molecule has 0 aliphatic heterocycles. The first-order chi connectivity index (χ1) is 16.6. The summed E-state index contributed by atoms with van der Waals surface area (Å²) in [5.74, 6) is -0.258. The summed E-state index contributed by atoms with van der Waals surface area (Å²) in [6.45, 7) is 1.93. The first-order valence-corrected chi connectivity index (χ1v) is 13.3. The lowest BCUT2D eigenvalue weighted by atomic mass is 9.90. The number of rotatable bonds is 9. The van der Waals surface area contributed by atoms with Crippen LogP contribution in [0.15, 0.2) is 60.4 Å². The fourth-order valence-corrected chi connectivity index (χ4v) is 5.47. The van der Waals surface area contributed by atoms with Crippen LogP contribution >= 0.6 is 7.37 Å². The maximum Gasteiger partial charge on any atom is 0.305 e. The normalized spacial score (nSPS) is 16.2. The SMILES string of the molecule is Cc1c(-c2ccccc2)nc(C2CC2)c(/C=C/P(=O)(O)C[C@@H](O)CC(=O)O)c1-c1ccc(F)cc1. The topological polar surface area (TPSA) is 108 Å². The molecular formula is C27H27FNO5P. The Bertz CT molecular complexity index is 1300. The van der Waals surface area contributed by atoms with Gasteiger partial charge in [0.15, 0.2) is 0 Å². The van der Waals surface area contributed by atoms with E-state index in [0.717, 1.165) is 52.3 Å². The molecule has 1 aromatic heterocycles.